The molecule has 0 bridgehead atoms. The first kappa shape index (κ1) is 11.8. The number of nitrogens with one attached hydrogen (secondary N) is 1. The van der Waals surface area contributed by atoms with Crippen molar-refractivity contribution < 1.29 is 18.1 Å². The van der Waals surface area contributed by atoms with Crippen LogP contribution in [0.3, 0.4) is 0 Å². The van der Waals surface area contributed by atoms with Crippen molar-refractivity contribution in [2.45, 2.75) is 6.18 Å². The summed E-state index contributed by atoms with van der Waals surface area (Å²) >= 11 is 2.94. The molecule has 1 N–H and O–H groups in total. The minimum atomic E-state index is -4.62. The van der Waals surface area contributed by atoms with Crippen LogP contribution in [0.4, 0.5) is 18.9 Å². The van der Waals surface area contributed by atoms with Crippen molar-refractivity contribution in [2.75, 3.05) is 0 Å². The average Bonchev–Trinajstić information content (AvgIpc) is 2.60. The van der Waals surface area contributed by atoms with Crippen LogP contribution in [0.5, 0.6) is 0 Å². The third-order valence-corrected chi connectivity index (χ3v) is 2.61. The molecule has 9 heteroatoms. The largest absolute Gasteiger partial charge is 0.449 e. The molecule has 1 heterocycles. The Kier molecular flexibility index (Phi) is 2.57. The second kappa shape index (κ2) is 3.69. The highest BCUT2D eigenvalue weighted by Crippen LogP contribution is 2.33. The minimum Gasteiger partial charge on any atom is -0.334 e. The second-order valence-corrected chi connectivity index (χ2v) is 4.02. The van der Waals surface area contributed by atoms with Crippen molar-refractivity contribution in [3.8, 4) is 0 Å². The van der Waals surface area contributed by atoms with Crippen LogP contribution >= 0.6 is 15.9 Å². The number of aromatic amines is 1. The first-order chi connectivity index (χ1) is 7.79. The van der Waals surface area contributed by atoms with Gasteiger partial charge in [0.05, 0.1) is 14.9 Å². The van der Waals surface area contributed by atoms with E-state index in [0.717, 1.165) is 12.1 Å². The topological polar surface area (TPSA) is 71.8 Å². The van der Waals surface area contributed by atoms with E-state index in [1.807, 2.05) is 4.98 Å². The molecular formula is C8H3BrF3N3O2. The van der Waals surface area contributed by atoms with E-state index >= 15 is 0 Å². The number of imidazole rings is 1. The van der Waals surface area contributed by atoms with Crippen molar-refractivity contribution in [1.29, 1.82) is 0 Å². The van der Waals surface area contributed by atoms with Gasteiger partial charge in [-0.25, -0.2) is 4.98 Å². The fourth-order valence-electron chi connectivity index (χ4n) is 1.30. The van der Waals surface area contributed by atoms with Crippen LogP contribution in [0.25, 0.3) is 11.0 Å². The Bertz CT molecular complexity index is 608. The highest BCUT2D eigenvalue weighted by atomic mass is 79.9. The van der Waals surface area contributed by atoms with E-state index < -0.39 is 16.9 Å². The molecule has 0 fully saturated rings. The number of hydrogen-bond acceptors (Lipinski definition) is 3. The van der Waals surface area contributed by atoms with Gasteiger partial charge in [0, 0.05) is 12.1 Å². The van der Waals surface area contributed by atoms with Gasteiger partial charge in [0.1, 0.15) is 5.52 Å². The lowest BCUT2D eigenvalue weighted by atomic mass is 10.3. The molecule has 5 nitrogen and oxygen atoms in total. The number of hydrogen-bond donors (Lipinski definition) is 1. The van der Waals surface area contributed by atoms with Gasteiger partial charge in [-0.3, -0.25) is 10.1 Å². The van der Waals surface area contributed by atoms with E-state index in [2.05, 4.69) is 20.9 Å². The second-order valence-electron chi connectivity index (χ2n) is 3.16. The van der Waals surface area contributed by atoms with Crippen LogP contribution in [0.1, 0.15) is 5.82 Å². The van der Waals surface area contributed by atoms with Crippen LogP contribution in [0.2, 0.25) is 0 Å². The SMILES string of the molecule is O=[N+]([O-])c1cc(Br)c2nc(C(F)(F)F)[nH]c2c1. The molecule has 0 saturated heterocycles. The van der Waals surface area contributed by atoms with Crippen molar-refractivity contribution in [3.63, 3.8) is 0 Å². The number of nitro groups is 1. The maximum atomic E-state index is 12.4. The lowest BCUT2D eigenvalue weighted by Gasteiger charge is -1.98. The van der Waals surface area contributed by atoms with E-state index in [4.69, 9.17) is 0 Å². The summed E-state index contributed by atoms with van der Waals surface area (Å²) in [4.78, 5) is 15.2. The summed E-state index contributed by atoms with van der Waals surface area (Å²) in [5, 5.41) is 10.5. The molecule has 0 saturated carbocycles. The molecule has 17 heavy (non-hydrogen) atoms. The Hall–Kier alpha value is -1.64. The molecule has 0 spiro atoms. The quantitative estimate of drug-likeness (QED) is 0.649. The van der Waals surface area contributed by atoms with E-state index in [0.29, 0.717) is 0 Å². The predicted molar refractivity (Wildman–Crippen MR) is 55.5 cm³/mol. The molecule has 0 unspecified atom stereocenters. The highest BCUT2D eigenvalue weighted by Gasteiger charge is 2.35. The number of H-pyrrole nitrogens is 1. The van der Waals surface area contributed by atoms with E-state index in [1.54, 1.807) is 0 Å². The van der Waals surface area contributed by atoms with Crippen LogP contribution in [0.15, 0.2) is 16.6 Å². The van der Waals surface area contributed by atoms with Crippen molar-refractivity contribution >= 4 is 32.7 Å². The lowest BCUT2D eigenvalue weighted by molar-refractivity contribution is -0.384. The number of nitrogens with zero attached hydrogens (tertiary/aromatic N) is 2. The third kappa shape index (κ3) is 2.09. The van der Waals surface area contributed by atoms with Gasteiger partial charge in [0.2, 0.25) is 5.82 Å². The molecule has 0 amide bonds. The zero-order chi connectivity index (χ0) is 12.8. The molecule has 2 rings (SSSR count). The zero-order valence-corrected chi connectivity index (χ0v) is 9.46. The number of halogens is 4. The Morgan fingerprint density at radius 1 is 1.41 bits per heavy atom. The molecule has 0 radical (unpaired) electrons. The van der Waals surface area contributed by atoms with Crippen molar-refractivity contribution in [1.82, 2.24) is 9.97 Å². The highest BCUT2D eigenvalue weighted by molar-refractivity contribution is 9.10. The summed E-state index contributed by atoms with van der Waals surface area (Å²) < 4.78 is 37.3. The smallest absolute Gasteiger partial charge is 0.334 e. The lowest BCUT2D eigenvalue weighted by Crippen LogP contribution is -2.06. The molecule has 0 aliphatic rings. The van der Waals surface area contributed by atoms with Gasteiger partial charge in [-0.1, -0.05) is 0 Å². The summed E-state index contributed by atoms with van der Waals surface area (Å²) in [7, 11) is 0. The Labute approximate surface area is 99.9 Å². The van der Waals surface area contributed by atoms with E-state index in [9.17, 15) is 23.3 Å². The first-order valence-electron chi connectivity index (χ1n) is 4.20. The zero-order valence-electron chi connectivity index (χ0n) is 7.88. The number of non-ortho nitro benzene ring substituents is 1. The summed E-state index contributed by atoms with van der Waals surface area (Å²) in [6.07, 6.45) is -4.62. The van der Waals surface area contributed by atoms with Gasteiger partial charge < -0.3 is 4.98 Å². The molecule has 0 aliphatic heterocycles. The minimum absolute atomic E-state index is 0.00271. The molecule has 0 aliphatic carbocycles. The fraction of sp³-hybridized carbons (Fsp3) is 0.125. The predicted octanol–water partition coefficient (Wildman–Crippen LogP) is 3.25. The van der Waals surface area contributed by atoms with Gasteiger partial charge in [-0.2, -0.15) is 13.2 Å². The maximum Gasteiger partial charge on any atom is 0.449 e. The molecule has 1 aromatic carbocycles. The normalized spacial score (nSPS) is 12.0. The summed E-state index contributed by atoms with van der Waals surface area (Å²) in [6, 6.07) is 2.10. The Morgan fingerprint density at radius 2 is 2.06 bits per heavy atom. The molecule has 0 atom stereocenters. The van der Waals surface area contributed by atoms with Crippen molar-refractivity contribution in [3.05, 3.63) is 32.5 Å². The Balaban J connectivity index is 2.69. The van der Waals surface area contributed by atoms with Crippen LogP contribution in [-0.4, -0.2) is 14.9 Å². The van der Waals surface area contributed by atoms with Gasteiger partial charge in [0.15, 0.2) is 0 Å². The summed E-state index contributed by atoms with van der Waals surface area (Å²) in [5.74, 6) is -1.19. The van der Waals surface area contributed by atoms with Gasteiger partial charge in [0.25, 0.3) is 5.69 Å². The van der Waals surface area contributed by atoms with Crippen molar-refractivity contribution in [2.24, 2.45) is 0 Å². The molecular weight excluding hydrogens is 307 g/mol. The van der Waals surface area contributed by atoms with Crippen LogP contribution in [-0.2, 0) is 6.18 Å². The number of aromatic nitrogens is 2. The third-order valence-electron chi connectivity index (χ3n) is 2.00. The molecule has 1 aromatic heterocycles. The maximum absolute atomic E-state index is 12.4. The standard InChI is InChI=1S/C8H3BrF3N3O2/c9-4-1-3(15(16)17)2-5-6(4)14-7(13-5)8(10,11)12/h1-2H,(H,13,14). The number of rotatable bonds is 1. The number of fused-ring (bicyclic) bond motifs is 1. The Morgan fingerprint density at radius 3 is 2.59 bits per heavy atom. The fourth-order valence-corrected chi connectivity index (χ4v) is 1.84. The number of nitro benzene ring substituents is 1. The van der Waals surface area contributed by atoms with Crippen LogP contribution < -0.4 is 0 Å². The molecule has 90 valence electrons. The number of benzene rings is 1. The van der Waals surface area contributed by atoms with Gasteiger partial charge in [-0.05, 0) is 15.9 Å². The summed E-state index contributed by atoms with van der Waals surface area (Å²) in [6.45, 7) is 0. The molecule has 2 aromatic rings. The van der Waals surface area contributed by atoms with E-state index in [-0.39, 0.29) is 21.2 Å². The average molecular weight is 310 g/mol. The summed E-state index contributed by atoms with van der Waals surface area (Å²) in [5.41, 5.74) is -0.358. The first-order valence-corrected chi connectivity index (χ1v) is 4.99. The monoisotopic (exact) mass is 309 g/mol. The van der Waals surface area contributed by atoms with Crippen LogP contribution in [0, 0.1) is 10.1 Å². The van der Waals surface area contributed by atoms with Gasteiger partial charge in [-0.15, -0.1) is 0 Å². The van der Waals surface area contributed by atoms with Gasteiger partial charge >= 0.3 is 6.18 Å². The number of alkyl halides is 3. The van der Waals surface area contributed by atoms with E-state index in [1.165, 1.54) is 0 Å².